The standard InChI is InChI=1S/C23H34N6O.HI/c1-3-24-23(29-8-7-21(18-29)22-15-26-27(2)17-22)25-14-19-5-4-6-20(13-19)16-28-9-11-30-12-10-28;/h4-6,13,15,17,21H,3,7-12,14,16,18H2,1-2H3,(H,24,25);1H. The Balaban J connectivity index is 0.00000272. The summed E-state index contributed by atoms with van der Waals surface area (Å²) in [6, 6.07) is 8.85. The molecule has 4 rings (SSSR count). The third kappa shape index (κ3) is 6.66. The average molecular weight is 538 g/mol. The number of aromatic nitrogens is 2. The quantitative estimate of drug-likeness (QED) is 0.349. The van der Waals surface area contributed by atoms with Gasteiger partial charge in [0.1, 0.15) is 0 Å². The Labute approximate surface area is 202 Å². The van der Waals surface area contributed by atoms with Crippen LogP contribution in [-0.4, -0.2) is 71.5 Å². The number of benzene rings is 1. The average Bonchev–Trinajstić information content (AvgIpc) is 3.41. The molecule has 1 aromatic heterocycles. The Hall–Kier alpha value is -1.65. The number of aliphatic imine (C=N–C) groups is 1. The molecule has 2 saturated heterocycles. The van der Waals surface area contributed by atoms with Crippen LogP contribution in [0.4, 0.5) is 0 Å². The Morgan fingerprint density at radius 2 is 2.03 bits per heavy atom. The number of likely N-dealkylation sites (tertiary alicyclic amines) is 1. The molecule has 0 saturated carbocycles. The number of morpholine rings is 1. The molecule has 1 unspecified atom stereocenters. The molecule has 0 amide bonds. The van der Waals surface area contributed by atoms with Crippen molar-refractivity contribution in [1.29, 1.82) is 0 Å². The molecule has 31 heavy (non-hydrogen) atoms. The number of nitrogens with one attached hydrogen (secondary N) is 1. The molecule has 3 heterocycles. The lowest BCUT2D eigenvalue weighted by Gasteiger charge is -2.26. The van der Waals surface area contributed by atoms with E-state index >= 15 is 0 Å². The lowest BCUT2D eigenvalue weighted by molar-refractivity contribution is 0.0342. The van der Waals surface area contributed by atoms with Crippen LogP contribution in [0.1, 0.15) is 36.0 Å². The van der Waals surface area contributed by atoms with Crippen molar-refractivity contribution in [3.63, 3.8) is 0 Å². The first-order valence-electron chi connectivity index (χ1n) is 11.1. The van der Waals surface area contributed by atoms with Gasteiger partial charge in [0.2, 0.25) is 0 Å². The highest BCUT2D eigenvalue weighted by molar-refractivity contribution is 14.0. The summed E-state index contributed by atoms with van der Waals surface area (Å²) in [4.78, 5) is 9.81. The fraction of sp³-hybridized carbons (Fsp3) is 0.565. The molecule has 1 aromatic carbocycles. The Morgan fingerprint density at radius 3 is 2.77 bits per heavy atom. The second kappa shape index (κ2) is 11.8. The van der Waals surface area contributed by atoms with Crippen molar-refractivity contribution in [3.05, 3.63) is 53.3 Å². The van der Waals surface area contributed by atoms with Gasteiger partial charge in [-0.3, -0.25) is 9.58 Å². The van der Waals surface area contributed by atoms with Gasteiger partial charge in [0.05, 0.1) is 26.0 Å². The molecular weight excluding hydrogens is 503 g/mol. The van der Waals surface area contributed by atoms with Gasteiger partial charge < -0.3 is 15.0 Å². The van der Waals surface area contributed by atoms with Crippen LogP contribution in [0.25, 0.3) is 0 Å². The van der Waals surface area contributed by atoms with E-state index in [0.29, 0.717) is 12.5 Å². The third-order valence-electron chi connectivity index (χ3n) is 5.93. The summed E-state index contributed by atoms with van der Waals surface area (Å²) < 4.78 is 7.35. The normalized spacial score (nSPS) is 20.0. The zero-order valence-electron chi connectivity index (χ0n) is 18.7. The predicted molar refractivity (Wildman–Crippen MR) is 135 cm³/mol. The topological polar surface area (TPSA) is 57.9 Å². The van der Waals surface area contributed by atoms with Gasteiger partial charge in [0.15, 0.2) is 5.96 Å². The summed E-state index contributed by atoms with van der Waals surface area (Å²) in [6.07, 6.45) is 5.28. The first-order valence-corrected chi connectivity index (χ1v) is 11.1. The van der Waals surface area contributed by atoms with Gasteiger partial charge in [-0.2, -0.15) is 5.10 Å². The van der Waals surface area contributed by atoms with Crippen LogP contribution in [0.3, 0.4) is 0 Å². The van der Waals surface area contributed by atoms with Crippen LogP contribution in [0.2, 0.25) is 0 Å². The number of nitrogens with zero attached hydrogens (tertiary/aromatic N) is 5. The number of hydrogen-bond acceptors (Lipinski definition) is 4. The number of halogens is 1. The summed E-state index contributed by atoms with van der Waals surface area (Å²) in [5.41, 5.74) is 3.94. The smallest absolute Gasteiger partial charge is 0.194 e. The Morgan fingerprint density at radius 1 is 1.23 bits per heavy atom. The second-order valence-electron chi connectivity index (χ2n) is 8.26. The minimum atomic E-state index is 0. The predicted octanol–water partition coefficient (Wildman–Crippen LogP) is 2.83. The van der Waals surface area contributed by atoms with Gasteiger partial charge in [0.25, 0.3) is 0 Å². The van der Waals surface area contributed by atoms with Gasteiger partial charge in [0, 0.05) is 58.4 Å². The Bertz CT molecular complexity index is 848. The van der Waals surface area contributed by atoms with Gasteiger partial charge in [-0.25, -0.2) is 4.99 Å². The molecule has 7 nitrogen and oxygen atoms in total. The van der Waals surface area contributed by atoms with E-state index < -0.39 is 0 Å². The van der Waals surface area contributed by atoms with Gasteiger partial charge in [-0.15, -0.1) is 24.0 Å². The molecule has 0 spiro atoms. The number of ether oxygens (including phenoxy) is 1. The van der Waals surface area contributed by atoms with E-state index in [9.17, 15) is 0 Å². The molecule has 0 bridgehead atoms. The van der Waals surface area contributed by atoms with E-state index in [0.717, 1.165) is 64.9 Å². The van der Waals surface area contributed by atoms with Crippen molar-refractivity contribution in [3.8, 4) is 0 Å². The maximum atomic E-state index is 5.46. The van der Waals surface area contributed by atoms with Crippen molar-refractivity contribution in [2.24, 2.45) is 12.0 Å². The summed E-state index contributed by atoms with van der Waals surface area (Å²) in [5.74, 6) is 1.54. The number of aryl methyl sites for hydroxylation is 1. The number of rotatable bonds is 6. The van der Waals surface area contributed by atoms with Crippen molar-refractivity contribution < 1.29 is 4.74 Å². The number of guanidine groups is 1. The first kappa shape index (κ1) is 24.0. The van der Waals surface area contributed by atoms with Crippen LogP contribution in [0.15, 0.2) is 41.7 Å². The summed E-state index contributed by atoms with van der Waals surface area (Å²) in [5, 5.41) is 7.82. The highest BCUT2D eigenvalue weighted by Gasteiger charge is 2.26. The molecule has 2 aromatic rings. The molecule has 170 valence electrons. The fourth-order valence-electron chi connectivity index (χ4n) is 4.31. The maximum Gasteiger partial charge on any atom is 0.194 e. The van der Waals surface area contributed by atoms with Gasteiger partial charge in [-0.05, 0) is 30.0 Å². The third-order valence-corrected chi connectivity index (χ3v) is 5.93. The van der Waals surface area contributed by atoms with E-state index in [1.54, 1.807) is 0 Å². The van der Waals surface area contributed by atoms with E-state index in [1.165, 1.54) is 16.7 Å². The van der Waals surface area contributed by atoms with Crippen LogP contribution in [0.5, 0.6) is 0 Å². The van der Waals surface area contributed by atoms with Crippen LogP contribution in [0, 0.1) is 0 Å². The monoisotopic (exact) mass is 538 g/mol. The van der Waals surface area contributed by atoms with Gasteiger partial charge in [-0.1, -0.05) is 24.3 Å². The molecular formula is C23H35IN6O. The molecule has 1 atom stereocenters. The summed E-state index contributed by atoms with van der Waals surface area (Å²) >= 11 is 0. The van der Waals surface area contributed by atoms with E-state index in [2.05, 4.69) is 57.6 Å². The van der Waals surface area contributed by atoms with Crippen LogP contribution in [-0.2, 0) is 24.9 Å². The Kier molecular flexibility index (Phi) is 9.15. The van der Waals surface area contributed by atoms with Gasteiger partial charge >= 0.3 is 0 Å². The van der Waals surface area contributed by atoms with Crippen molar-refractivity contribution in [1.82, 2.24) is 24.9 Å². The number of hydrogen-bond donors (Lipinski definition) is 1. The van der Waals surface area contributed by atoms with Crippen LogP contribution >= 0.6 is 24.0 Å². The van der Waals surface area contributed by atoms with E-state index in [-0.39, 0.29) is 24.0 Å². The molecule has 0 aliphatic carbocycles. The lowest BCUT2D eigenvalue weighted by atomic mass is 10.0. The SMILES string of the molecule is CCNC(=NCc1cccc(CN2CCOCC2)c1)N1CCC(c2cnn(C)c2)C1.I. The molecule has 8 heteroatoms. The highest BCUT2D eigenvalue weighted by Crippen LogP contribution is 2.26. The van der Waals surface area contributed by atoms with E-state index in [4.69, 9.17) is 9.73 Å². The largest absolute Gasteiger partial charge is 0.379 e. The van der Waals surface area contributed by atoms with Crippen molar-refractivity contribution in [2.45, 2.75) is 32.4 Å². The molecule has 0 radical (unpaired) electrons. The minimum absolute atomic E-state index is 0. The van der Waals surface area contributed by atoms with Crippen molar-refractivity contribution in [2.75, 3.05) is 45.9 Å². The van der Waals surface area contributed by atoms with E-state index in [1.807, 2.05) is 17.9 Å². The van der Waals surface area contributed by atoms with Crippen LogP contribution < -0.4 is 5.32 Å². The summed E-state index contributed by atoms with van der Waals surface area (Å²) in [7, 11) is 1.98. The zero-order chi connectivity index (χ0) is 20.8. The first-order chi connectivity index (χ1) is 14.7. The summed E-state index contributed by atoms with van der Waals surface area (Å²) in [6.45, 7) is 10.4. The lowest BCUT2D eigenvalue weighted by Crippen LogP contribution is -2.40. The molecule has 2 aliphatic heterocycles. The zero-order valence-corrected chi connectivity index (χ0v) is 21.0. The van der Waals surface area contributed by atoms with Crippen molar-refractivity contribution >= 4 is 29.9 Å². The molecule has 2 fully saturated rings. The highest BCUT2D eigenvalue weighted by atomic mass is 127. The maximum absolute atomic E-state index is 5.46. The second-order valence-corrected chi connectivity index (χ2v) is 8.26. The molecule has 1 N–H and O–H groups in total. The minimum Gasteiger partial charge on any atom is -0.379 e. The molecule has 2 aliphatic rings. The fourth-order valence-corrected chi connectivity index (χ4v) is 4.31.